The molecule has 0 aliphatic carbocycles. The minimum atomic E-state index is -4.28. The summed E-state index contributed by atoms with van der Waals surface area (Å²) in [5.41, 5.74) is -3.44. The van der Waals surface area contributed by atoms with Gasteiger partial charge in [-0.25, -0.2) is 33.7 Å². The summed E-state index contributed by atoms with van der Waals surface area (Å²) < 4.78 is 76.4. The molecule has 1 amide bonds. The predicted octanol–water partition coefficient (Wildman–Crippen LogP) is 7.50. The fourth-order valence-corrected chi connectivity index (χ4v) is 6.98. The second-order valence-corrected chi connectivity index (χ2v) is 16.3. The number of benzene rings is 1. The maximum atomic E-state index is 17.3. The van der Waals surface area contributed by atoms with E-state index < -0.39 is 64.7 Å². The van der Waals surface area contributed by atoms with Crippen LogP contribution in [-0.2, 0) is 35.4 Å². The van der Waals surface area contributed by atoms with E-state index in [1.54, 1.807) is 72.7 Å². The Morgan fingerprint density at radius 1 is 1.02 bits per heavy atom. The van der Waals surface area contributed by atoms with Crippen molar-refractivity contribution in [1.29, 1.82) is 0 Å². The van der Waals surface area contributed by atoms with Gasteiger partial charge in [0.2, 0.25) is 11.7 Å². The van der Waals surface area contributed by atoms with Crippen LogP contribution < -0.4 is 9.64 Å². The van der Waals surface area contributed by atoms with Crippen LogP contribution in [0.25, 0.3) is 22.1 Å². The summed E-state index contributed by atoms with van der Waals surface area (Å²) in [6.07, 6.45) is -0.368. The van der Waals surface area contributed by atoms with Crippen LogP contribution in [0.15, 0.2) is 40.9 Å². The SMILES string of the molecule is COC(=O)C(F)(F)c1nc(N2C[C@@H](Oc3ncc(Cl)cc3[C@@]3(F)CCN(C(=O)OC(C)(C)C)C[C@@H]3C)C[C@H]2C(=O)OC(C)(C)C)c2oc3ccccc3c2n1. The molecule has 2 saturated heterocycles. The molecule has 2 fully saturated rings. The van der Waals surface area contributed by atoms with Crippen molar-refractivity contribution in [2.75, 3.05) is 31.6 Å². The van der Waals surface area contributed by atoms with Crippen LogP contribution >= 0.6 is 11.6 Å². The van der Waals surface area contributed by atoms with E-state index in [-0.39, 0.29) is 65.9 Å². The molecule has 0 spiro atoms. The molecule has 4 atom stereocenters. The maximum Gasteiger partial charge on any atom is 0.410 e. The first-order valence-corrected chi connectivity index (χ1v) is 18.1. The number of aromatic nitrogens is 3. The molecule has 296 valence electrons. The molecule has 2 aliphatic heterocycles. The highest BCUT2D eigenvalue weighted by molar-refractivity contribution is 6.30. The Balaban J connectivity index is 1.39. The van der Waals surface area contributed by atoms with Crippen LogP contribution in [0.1, 0.15) is 72.7 Å². The number of esters is 2. The van der Waals surface area contributed by atoms with Crippen LogP contribution in [0.3, 0.4) is 0 Å². The molecule has 1 aromatic carbocycles. The average molecular weight is 790 g/mol. The van der Waals surface area contributed by atoms with E-state index in [0.717, 1.165) is 7.11 Å². The zero-order valence-electron chi connectivity index (χ0n) is 31.7. The number of hydrogen-bond donors (Lipinski definition) is 0. The van der Waals surface area contributed by atoms with E-state index in [1.807, 2.05) is 0 Å². The molecule has 6 rings (SSSR count). The highest BCUT2D eigenvalue weighted by Gasteiger charge is 2.50. The fraction of sp³-hybridized carbons (Fsp3) is 0.526. The number of carbonyl (C=O) groups is 3. The Labute approximate surface area is 320 Å². The van der Waals surface area contributed by atoms with E-state index in [1.165, 1.54) is 22.1 Å². The number of fused-ring (bicyclic) bond motifs is 3. The number of alkyl halides is 3. The van der Waals surface area contributed by atoms with Crippen LogP contribution in [-0.4, -0.2) is 88.0 Å². The Morgan fingerprint density at radius 3 is 2.36 bits per heavy atom. The summed E-state index contributed by atoms with van der Waals surface area (Å²) in [6.45, 7) is 11.8. The number of anilines is 1. The number of halogens is 4. The average Bonchev–Trinajstić information content (AvgIpc) is 3.69. The lowest BCUT2D eigenvalue weighted by atomic mass is 9.79. The van der Waals surface area contributed by atoms with Crippen molar-refractivity contribution in [3.8, 4) is 5.88 Å². The number of para-hydroxylation sites is 1. The lowest BCUT2D eigenvalue weighted by molar-refractivity contribution is -0.171. The van der Waals surface area contributed by atoms with Gasteiger partial charge in [0.05, 0.1) is 24.2 Å². The number of pyridine rings is 1. The van der Waals surface area contributed by atoms with Crippen LogP contribution in [0.5, 0.6) is 5.88 Å². The van der Waals surface area contributed by atoms with E-state index in [2.05, 4.69) is 19.7 Å². The predicted molar refractivity (Wildman–Crippen MR) is 195 cm³/mol. The molecule has 17 heteroatoms. The number of amides is 1. The molecule has 0 saturated carbocycles. The molecule has 0 N–H and O–H groups in total. The van der Waals surface area contributed by atoms with Crippen LogP contribution in [0.4, 0.5) is 23.8 Å². The van der Waals surface area contributed by atoms with Gasteiger partial charge in [0.15, 0.2) is 11.4 Å². The number of methoxy groups -OCH3 is 1. The Kier molecular flexibility index (Phi) is 10.4. The second-order valence-electron chi connectivity index (χ2n) is 15.8. The van der Waals surface area contributed by atoms with Gasteiger partial charge in [-0.2, -0.15) is 8.78 Å². The van der Waals surface area contributed by atoms with Gasteiger partial charge in [0.25, 0.3) is 0 Å². The second kappa shape index (κ2) is 14.3. The number of rotatable bonds is 7. The summed E-state index contributed by atoms with van der Waals surface area (Å²) in [5, 5.41) is 0.507. The summed E-state index contributed by atoms with van der Waals surface area (Å²) in [4.78, 5) is 54.3. The summed E-state index contributed by atoms with van der Waals surface area (Å²) in [6, 6.07) is 6.81. The van der Waals surface area contributed by atoms with Crippen LogP contribution in [0, 0.1) is 5.92 Å². The minimum absolute atomic E-state index is 0.0285. The van der Waals surface area contributed by atoms with Gasteiger partial charge >= 0.3 is 24.0 Å². The molecule has 0 bridgehead atoms. The van der Waals surface area contributed by atoms with Gasteiger partial charge in [-0.15, -0.1) is 0 Å². The minimum Gasteiger partial charge on any atom is -0.472 e. The number of likely N-dealkylation sites (tertiary alicyclic amines) is 1. The molecule has 0 unspecified atom stereocenters. The summed E-state index contributed by atoms with van der Waals surface area (Å²) in [5.74, 6) is -9.14. The van der Waals surface area contributed by atoms with Crippen molar-refractivity contribution in [1.82, 2.24) is 19.9 Å². The molecule has 4 aromatic rings. The Morgan fingerprint density at radius 2 is 1.71 bits per heavy atom. The van der Waals surface area contributed by atoms with Crippen molar-refractivity contribution >= 4 is 57.5 Å². The number of nitrogens with zero attached hydrogens (tertiary/aromatic N) is 5. The van der Waals surface area contributed by atoms with Crippen molar-refractivity contribution < 1.29 is 50.9 Å². The van der Waals surface area contributed by atoms with Gasteiger partial charge in [0.1, 0.15) is 40.1 Å². The molecular weight excluding hydrogens is 747 g/mol. The number of furan rings is 1. The van der Waals surface area contributed by atoms with Gasteiger partial charge < -0.3 is 33.2 Å². The topological polar surface area (TPSA) is 146 Å². The highest BCUT2D eigenvalue weighted by atomic mass is 35.5. The number of piperidine rings is 1. The third-order valence-corrected chi connectivity index (χ3v) is 9.56. The van der Waals surface area contributed by atoms with Crippen molar-refractivity contribution in [3.05, 3.63) is 52.9 Å². The molecule has 3 aromatic heterocycles. The lowest BCUT2D eigenvalue weighted by Gasteiger charge is -2.42. The molecule has 2 aliphatic rings. The summed E-state index contributed by atoms with van der Waals surface area (Å²) in [7, 11) is 0.815. The molecule has 0 radical (unpaired) electrons. The largest absolute Gasteiger partial charge is 0.472 e. The first kappa shape index (κ1) is 39.8. The molecule has 13 nitrogen and oxygen atoms in total. The first-order valence-electron chi connectivity index (χ1n) is 17.8. The smallest absolute Gasteiger partial charge is 0.410 e. The monoisotopic (exact) mass is 789 g/mol. The van der Waals surface area contributed by atoms with Crippen molar-refractivity contribution in [2.24, 2.45) is 5.92 Å². The molecule has 55 heavy (non-hydrogen) atoms. The zero-order valence-corrected chi connectivity index (χ0v) is 32.5. The number of carbonyl (C=O) groups excluding carboxylic acids is 3. The Bertz CT molecular complexity index is 2140. The standard InChI is InChI=1S/C38H43ClF3N5O8/c1-20-18-46(34(50)55-36(5,6)7)14-13-37(20,40)24-15-21(39)17-43-30(24)52-22-16-25(31(48)54-35(2,3)4)47(19-22)29-28-27(23-11-9-10-12-26(23)53-28)44-32(45-29)38(41,42)33(49)51-8/h9-12,15,17,20,22,25H,13-14,16,18-19H2,1-8H3/t20-,22-,25-,37+/m0/s1. The Hall–Kier alpha value is -4.86. The third-order valence-electron chi connectivity index (χ3n) is 9.35. The van der Waals surface area contributed by atoms with E-state index in [4.69, 9.17) is 30.2 Å². The van der Waals surface area contributed by atoms with Crippen molar-refractivity contribution in [3.63, 3.8) is 0 Å². The fourth-order valence-electron chi connectivity index (χ4n) is 6.82. The normalized spacial score (nSPS) is 22.2. The maximum absolute atomic E-state index is 17.3. The lowest BCUT2D eigenvalue weighted by Crippen LogP contribution is -2.50. The summed E-state index contributed by atoms with van der Waals surface area (Å²) >= 11 is 6.36. The number of ether oxygens (including phenoxy) is 4. The van der Waals surface area contributed by atoms with Gasteiger partial charge in [0, 0.05) is 43.4 Å². The highest BCUT2D eigenvalue weighted by Crippen LogP contribution is 2.46. The van der Waals surface area contributed by atoms with E-state index in [0.29, 0.717) is 11.0 Å². The van der Waals surface area contributed by atoms with E-state index >= 15 is 13.2 Å². The zero-order chi connectivity index (χ0) is 40.2. The third kappa shape index (κ3) is 7.96. The number of hydrogen-bond acceptors (Lipinski definition) is 12. The van der Waals surface area contributed by atoms with Gasteiger partial charge in [-0.3, -0.25) is 0 Å². The van der Waals surface area contributed by atoms with Crippen LogP contribution in [0.2, 0.25) is 5.02 Å². The quantitative estimate of drug-likeness (QED) is 0.135. The molecular formula is C38H43ClF3N5O8. The van der Waals surface area contributed by atoms with Gasteiger partial charge in [-0.1, -0.05) is 30.7 Å². The molecule has 5 heterocycles. The van der Waals surface area contributed by atoms with E-state index in [9.17, 15) is 14.4 Å². The van der Waals surface area contributed by atoms with Gasteiger partial charge in [-0.05, 0) is 59.7 Å². The first-order chi connectivity index (χ1) is 25.6. The van der Waals surface area contributed by atoms with Crippen molar-refractivity contribution in [2.45, 2.75) is 96.2 Å².